The van der Waals surface area contributed by atoms with E-state index in [1.54, 1.807) is 11.6 Å². The topological polar surface area (TPSA) is 81.4 Å². The maximum Gasteiger partial charge on any atom is 0.350 e. The SMILES string of the molecule is Cn1nc(C2CCN(C(=O)[C@H]3COCCN3)CC2)n(-c2ccccc2)c1=O. The van der Waals surface area contributed by atoms with Gasteiger partial charge in [-0.3, -0.25) is 4.79 Å². The van der Waals surface area contributed by atoms with Crippen LogP contribution in [-0.4, -0.2) is 64.0 Å². The number of carbonyl (C=O) groups is 1. The van der Waals surface area contributed by atoms with E-state index in [0.29, 0.717) is 32.8 Å². The first-order valence-corrected chi connectivity index (χ1v) is 9.46. The van der Waals surface area contributed by atoms with Crippen LogP contribution in [0, 0.1) is 0 Å². The molecule has 2 aromatic rings. The predicted octanol–water partition coefficient (Wildman–Crippen LogP) is 0.265. The summed E-state index contributed by atoms with van der Waals surface area (Å²) in [5, 5.41) is 7.72. The van der Waals surface area contributed by atoms with Crippen molar-refractivity contribution in [2.45, 2.75) is 24.8 Å². The number of hydrogen-bond acceptors (Lipinski definition) is 5. The van der Waals surface area contributed by atoms with Crippen LogP contribution in [0.1, 0.15) is 24.6 Å². The van der Waals surface area contributed by atoms with Crippen molar-refractivity contribution in [1.29, 1.82) is 0 Å². The summed E-state index contributed by atoms with van der Waals surface area (Å²) in [6.07, 6.45) is 1.59. The number of amides is 1. The predicted molar refractivity (Wildman–Crippen MR) is 100.0 cm³/mol. The lowest BCUT2D eigenvalue weighted by Gasteiger charge is -2.35. The molecule has 0 radical (unpaired) electrons. The fourth-order valence-corrected chi connectivity index (χ4v) is 3.87. The Hall–Kier alpha value is -2.45. The van der Waals surface area contributed by atoms with Gasteiger partial charge in [-0.2, -0.15) is 5.10 Å². The summed E-state index contributed by atoms with van der Waals surface area (Å²) in [7, 11) is 1.68. The Balaban J connectivity index is 1.50. The van der Waals surface area contributed by atoms with Crippen molar-refractivity contribution in [1.82, 2.24) is 24.6 Å². The summed E-state index contributed by atoms with van der Waals surface area (Å²) in [5.41, 5.74) is 0.686. The van der Waals surface area contributed by atoms with Crippen molar-refractivity contribution in [3.63, 3.8) is 0 Å². The Morgan fingerprint density at radius 1 is 1.22 bits per heavy atom. The van der Waals surface area contributed by atoms with Gasteiger partial charge in [0.2, 0.25) is 5.91 Å². The molecule has 0 saturated carbocycles. The van der Waals surface area contributed by atoms with Crippen molar-refractivity contribution < 1.29 is 9.53 Å². The Bertz CT molecular complexity index is 846. The van der Waals surface area contributed by atoms with Crippen LogP contribution in [0.4, 0.5) is 0 Å². The molecule has 2 saturated heterocycles. The van der Waals surface area contributed by atoms with Crippen LogP contribution in [-0.2, 0) is 16.6 Å². The molecule has 0 aliphatic carbocycles. The fraction of sp³-hybridized carbons (Fsp3) is 0.526. The number of morpholine rings is 1. The number of nitrogens with zero attached hydrogens (tertiary/aromatic N) is 4. The van der Waals surface area contributed by atoms with Crippen LogP contribution in [0.2, 0.25) is 0 Å². The van der Waals surface area contributed by atoms with Gasteiger partial charge in [0.1, 0.15) is 11.9 Å². The number of para-hydroxylation sites is 1. The van der Waals surface area contributed by atoms with E-state index in [9.17, 15) is 9.59 Å². The van der Waals surface area contributed by atoms with Crippen LogP contribution in [0.5, 0.6) is 0 Å². The van der Waals surface area contributed by atoms with Crippen LogP contribution < -0.4 is 11.0 Å². The monoisotopic (exact) mass is 371 g/mol. The second-order valence-corrected chi connectivity index (χ2v) is 7.12. The third kappa shape index (κ3) is 3.54. The minimum absolute atomic E-state index is 0.106. The molecule has 0 unspecified atom stereocenters. The highest BCUT2D eigenvalue weighted by atomic mass is 16.5. The number of benzene rings is 1. The molecule has 1 amide bonds. The van der Waals surface area contributed by atoms with Gasteiger partial charge in [-0.1, -0.05) is 18.2 Å². The molecule has 0 bridgehead atoms. The number of ether oxygens (including phenoxy) is 1. The summed E-state index contributed by atoms with van der Waals surface area (Å²) < 4.78 is 8.49. The largest absolute Gasteiger partial charge is 0.378 e. The van der Waals surface area contributed by atoms with Gasteiger partial charge >= 0.3 is 5.69 Å². The van der Waals surface area contributed by atoms with Gasteiger partial charge in [0.05, 0.1) is 18.9 Å². The second-order valence-electron chi connectivity index (χ2n) is 7.12. The van der Waals surface area contributed by atoms with Gasteiger partial charge < -0.3 is 15.0 Å². The van der Waals surface area contributed by atoms with E-state index in [1.165, 1.54) is 4.68 Å². The van der Waals surface area contributed by atoms with Crippen molar-refractivity contribution in [3.05, 3.63) is 46.6 Å². The first kappa shape index (κ1) is 17.9. The van der Waals surface area contributed by atoms with Gasteiger partial charge in [-0.15, -0.1) is 0 Å². The number of aryl methyl sites for hydroxylation is 1. The molecule has 1 atom stereocenters. The Kier molecular flexibility index (Phi) is 5.09. The highest BCUT2D eigenvalue weighted by molar-refractivity contribution is 5.82. The molecule has 144 valence electrons. The van der Waals surface area contributed by atoms with Crippen LogP contribution >= 0.6 is 0 Å². The third-order valence-electron chi connectivity index (χ3n) is 5.36. The minimum Gasteiger partial charge on any atom is -0.378 e. The number of aromatic nitrogens is 3. The third-order valence-corrected chi connectivity index (χ3v) is 5.36. The lowest BCUT2D eigenvalue weighted by molar-refractivity contribution is -0.137. The standard InChI is InChI=1S/C19H25N5O3/c1-22-19(26)24(15-5-3-2-4-6-15)17(21-22)14-7-10-23(11-8-14)18(25)16-13-27-12-9-20-16/h2-6,14,16,20H,7-13H2,1H3/t16-/m1/s1. The van der Waals surface area contributed by atoms with Crippen molar-refractivity contribution >= 4 is 5.91 Å². The molecule has 2 aliphatic rings. The van der Waals surface area contributed by atoms with Crippen molar-refractivity contribution in [3.8, 4) is 5.69 Å². The van der Waals surface area contributed by atoms with Gasteiger partial charge in [-0.05, 0) is 25.0 Å². The van der Waals surface area contributed by atoms with E-state index in [2.05, 4.69) is 10.4 Å². The normalized spacial score (nSPS) is 21.4. The van der Waals surface area contributed by atoms with Gasteiger partial charge in [0.25, 0.3) is 0 Å². The first-order valence-electron chi connectivity index (χ1n) is 9.46. The molecule has 8 nitrogen and oxygen atoms in total. The molecule has 2 aliphatic heterocycles. The molecule has 1 N–H and O–H groups in total. The molecule has 0 spiro atoms. The van der Waals surface area contributed by atoms with E-state index in [-0.39, 0.29) is 23.6 Å². The summed E-state index contributed by atoms with van der Waals surface area (Å²) in [6.45, 7) is 3.14. The number of carbonyl (C=O) groups excluding carboxylic acids is 1. The van der Waals surface area contributed by atoms with Crippen LogP contribution in [0.25, 0.3) is 5.69 Å². The van der Waals surface area contributed by atoms with Crippen LogP contribution in [0.3, 0.4) is 0 Å². The quantitative estimate of drug-likeness (QED) is 0.837. The summed E-state index contributed by atoms with van der Waals surface area (Å²) in [5.74, 6) is 1.04. The van der Waals surface area contributed by atoms with Crippen molar-refractivity contribution in [2.75, 3.05) is 32.8 Å². The summed E-state index contributed by atoms with van der Waals surface area (Å²) in [4.78, 5) is 27.1. The highest BCUT2D eigenvalue weighted by Crippen LogP contribution is 2.28. The maximum absolute atomic E-state index is 12.7. The van der Waals surface area contributed by atoms with Gasteiger partial charge in [0.15, 0.2) is 0 Å². The molecule has 2 fully saturated rings. The number of nitrogens with one attached hydrogen (secondary N) is 1. The Morgan fingerprint density at radius 2 is 1.96 bits per heavy atom. The first-order chi connectivity index (χ1) is 13.1. The van der Waals surface area contributed by atoms with Crippen molar-refractivity contribution in [2.24, 2.45) is 7.05 Å². The van der Waals surface area contributed by atoms with E-state index in [4.69, 9.17) is 4.74 Å². The lowest BCUT2D eigenvalue weighted by atomic mass is 9.95. The average molecular weight is 371 g/mol. The number of hydrogen-bond donors (Lipinski definition) is 1. The van der Waals surface area contributed by atoms with E-state index < -0.39 is 0 Å². The minimum atomic E-state index is -0.243. The Labute approximate surface area is 157 Å². The fourth-order valence-electron chi connectivity index (χ4n) is 3.87. The molecular weight excluding hydrogens is 346 g/mol. The molecule has 4 rings (SSSR count). The van der Waals surface area contributed by atoms with Gasteiger partial charge in [0, 0.05) is 32.6 Å². The zero-order chi connectivity index (χ0) is 18.8. The zero-order valence-electron chi connectivity index (χ0n) is 15.5. The molecular formula is C19H25N5O3. The molecule has 1 aromatic heterocycles. The molecule has 27 heavy (non-hydrogen) atoms. The summed E-state index contributed by atoms with van der Waals surface area (Å²) in [6, 6.07) is 9.35. The smallest absolute Gasteiger partial charge is 0.350 e. The Morgan fingerprint density at radius 3 is 2.63 bits per heavy atom. The molecule has 1 aromatic carbocycles. The molecule has 8 heteroatoms. The highest BCUT2D eigenvalue weighted by Gasteiger charge is 2.32. The van der Waals surface area contributed by atoms with E-state index in [0.717, 1.165) is 24.4 Å². The van der Waals surface area contributed by atoms with Crippen LogP contribution in [0.15, 0.2) is 35.1 Å². The average Bonchev–Trinajstić information content (AvgIpc) is 3.03. The zero-order valence-corrected chi connectivity index (χ0v) is 15.5. The van der Waals surface area contributed by atoms with E-state index in [1.807, 2.05) is 35.2 Å². The summed E-state index contributed by atoms with van der Waals surface area (Å²) >= 11 is 0. The van der Waals surface area contributed by atoms with E-state index >= 15 is 0 Å². The lowest BCUT2D eigenvalue weighted by Crippen LogP contribution is -2.54. The molecule has 3 heterocycles. The maximum atomic E-state index is 12.7. The number of piperidine rings is 1. The number of likely N-dealkylation sites (tertiary alicyclic amines) is 1. The van der Waals surface area contributed by atoms with Gasteiger partial charge in [-0.25, -0.2) is 14.0 Å². The second kappa shape index (κ2) is 7.66. The number of rotatable bonds is 3.